The van der Waals surface area contributed by atoms with E-state index in [4.69, 9.17) is 0 Å². The van der Waals surface area contributed by atoms with E-state index in [0.717, 1.165) is 0 Å². The largest absolute Gasteiger partial charge is 0.0622 e. The Hall–Kier alpha value is -4.25. The van der Waals surface area contributed by atoms with Crippen LogP contribution in [0.3, 0.4) is 0 Å². The summed E-state index contributed by atoms with van der Waals surface area (Å²) in [7, 11) is -0.788. The topological polar surface area (TPSA) is 0 Å². The van der Waals surface area contributed by atoms with Gasteiger partial charge < -0.3 is 0 Å². The quantitative estimate of drug-likeness (QED) is 0.163. The lowest BCUT2D eigenvalue weighted by atomic mass is 9.77. The van der Waals surface area contributed by atoms with Gasteiger partial charge in [-0.15, -0.1) is 0 Å². The van der Waals surface area contributed by atoms with Crippen molar-refractivity contribution in [1.82, 2.24) is 0 Å². The highest BCUT2D eigenvalue weighted by atomic mass is 31.1. The number of hydrogen-bond acceptors (Lipinski definition) is 0. The van der Waals surface area contributed by atoms with Crippen LogP contribution < -0.4 is 10.6 Å². The van der Waals surface area contributed by atoms with Crippen LogP contribution in [0.4, 0.5) is 0 Å². The Morgan fingerprint density at radius 2 is 0.500 bits per heavy atom. The molecule has 0 aliphatic heterocycles. The second-order valence-electron chi connectivity index (χ2n) is 10.1. The van der Waals surface area contributed by atoms with Gasteiger partial charge in [0.15, 0.2) is 0 Å². The van der Waals surface area contributed by atoms with Crippen molar-refractivity contribution in [2.75, 3.05) is 0 Å². The van der Waals surface area contributed by atoms with Crippen LogP contribution in [0, 0.1) is 0 Å². The van der Waals surface area contributed by atoms with Gasteiger partial charge in [-0.25, -0.2) is 0 Å². The fourth-order valence-electron chi connectivity index (χ4n) is 5.98. The molecular formula is C39H33P. The van der Waals surface area contributed by atoms with Gasteiger partial charge in [0.25, 0.3) is 0 Å². The molecule has 0 atom stereocenters. The summed E-state index contributed by atoms with van der Waals surface area (Å²) in [6.07, 6.45) is 0. The highest BCUT2D eigenvalue weighted by Crippen LogP contribution is 2.56. The summed E-state index contributed by atoms with van der Waals surface area (Å²) in [6.45, 7) is 0. The third kappa shape index (κ3) is 5.69. The van der Waals surface area contributed by atoms with Crippen molar-refractivity contribution in [1.29, 1.82) is 0 Å². The average Bonchev–Trinajstić information content (AvgIpc) is 3.04. The van der Waals surface area contributed by atoms with E-state index in [9.17, 15) is 0 Å². The van der Waals surface area contributed by atoms with Crippen molar-refractivity contribution < 1.29 is 0 Å². The van der Waals surface area contributed by atoms with Crippen molar-refractivity contribution >= 4 is 18.5 Å². The van der Waals surface area contributed by atoms with E-state index in [0.29, 0.717) is 0 Å². The zero-order valence-corrected chi connectivity index (χ0v) is 23.4. The molecule has 0 aliphatic rings. The molecule has 0 saturated carbocycles. The van der Waals surface area contributed by atoms with Crippen LogP contribution in [-0.2, 0) is 0 Å². The first-order valence-electron chi connectivity index (χ1n) is 14.0. The Bertz CT molecular complexity index is 1250. The normalized spacial score (nSPS) is 11.4. The molecule has 40 heavy (non-hydrogen) atoms. The molecule has 0 nitrogen and oxygen atoms in total. The first-order chi connectivity index (χ1) is 19.9. The van der Waals surface area contributed by atoms with E-state index >= 15 is 0 Å². The third-order valence-electron chi connectivity index (χ3n) is 7.68. The Kier molecular flexibility index (Phi) is 8.28. The van der Waals surface area contributed by atoms with Crippen molar-refractivity contribution in [3.8, 4) is 0 Å². The van der Waals surface area contributed by atoms with Crippen LogP contribution >= 0.6 is 7.92 Å². The summed E-state index contributed by atoms with van der Waals surface area (Å²) < 4.78 is 0. The molecule has 0 saturated heterocycles. The maximum Gasteiger partial charge on any atom is 0.0172 e. The van der Waals surface area contributed by atoms with Gasteiger partial charge in [0, 0.05) is 17.5 Å². The molecule has 6 rings (SSSR count). The van der Waals surface area contributed by atoms with Crippen LogP contribution in [0.5, 0.6) is 0 Å². The predicted octanol–water partition coefficient (Wildman–Crippen LogP) is 9.15. The number of hydrogen-bond donors (Lipinski definition) is 0. The van der Waals surface area contributed by atoms with Gasteiger partial charge in [-0.2, -0.15) is 0 Å². The first-order valence-corrected chi connectivity index (χ1v) is 15.4. The van der Waals surface area contributed by atoms with Gasteiger partial charge in [-0.1, -0.05) is 182 Å². The van der Waals surface area contributed by atoms with Gasteiger partial charge in [-0.3, -0.25) is 0 Å². The molecule has 0 unspecified atom stereocenters. The maximum atomic E-state index is 2.34. The minimum Gasteiger partial charge on any atom is -0.0622 e. The highest BCUT2D eigenvalue weighted by Gasteiger charge is 2.40. The molecule has 0 aromatic heterocycles. The van der Waals surface area contributed by atoms with E-state index in [1.165, 1.54) is 32.9 Å². The molecule has 6 aromatic carbocycles. The van der Waals surface area contributed by atoms with Crippen LogP contribution in [0.25, 0.3) is 0 Å². The van der Waals surface area contributed by atoms with Gasteiger partial charge >= 0.3 is 0 Å². The molecule has 0 aliphatic carbocycles. The maximum absolute atomic E-state index is 2.34. The molecule has 0 bridgehead atoms. The highest BCUT2D eigenvalue weighted by molar-refractivity contribution is 7.73. The molecule has 0 spiro atoms. The van der Waals surface area contributed by atoms with E-state index in [1.54, 1.807) is 0 Å². The summed E-state index contributed by atoms with van der Waals surface area (Å²) >= 11 is 0. The van der Waals surface area contributed by atoms with Crippen molar-refractivity contribution in [2.24, 2.45) is 0 Å². The molecule has 0 radical (unpaired) electrons. The lowest BCUT2D eigenvalue weighted by molar-refractivity contribution is 0.657. The standard InChI is InChI=1S/C39H33P/c1-7-19-31(20-8-1)37(32-21-9-2-10-22-32)39(38(33-23-11-3-12-24-33)34-25-13-4-14-26-34)40(35-27-15-5-16-28-35)36-29-17-6-18-30-36/h1-30,37-39H. The Morgan fingerprint density at radius 1 is 0.275 bits per heavy atom. The monoisotopic (exact) mass is 532 g/mol. The van der Waals surface area contributed by atoms with E-state index in [-0.39, 0.29) is 17.5 Å². The Labute approximate surface area is 239 Å². The van der Waals surface area contributed by atoms with E-state index < -0.39 is 7.92 Å². The second kappa shape index (κ2) is 12.7. The summed E-state index contributed by atoms with van der Waals surface area (Å²) in [6, 6.07) is 67.0. The van der Waals surface area contributed by atoms with Crippen molar-refractivity contribution in [3.05, 3.63) is 204 Å². The van der Waals surface area contributed by atoms with E-state index in [2.05, 4.69) is 182 Å². The van der Waals surface area contributed by atoms with Crippen LogP contribution in [0.2, 0.25) is 0 Å². The molecule has 0 N–H and O–H groups in total. The molecule has 1 heteroatoms. The molecule has 194 valence electrons. The molecular weight excluding hydrogens is 499 g/mol. The molecule has 0 amide bonds. The number of rotatable bonds is 9. The number of benzene rings is 6. The fourth-order valence-corrected chi connectivity index (χ4v) is 9.23. The SMILES string of the molecule is c1ccc(C(c2ccccc2)C(C(c2ccccc2)c2ccccc2)P(c2ccccc2)c2ccccc2)cc1. The smallest absolute Gasteiger partial charge is 0.0172 e. The summed E-state index contributed by atoms with van der Waals surface area (Å²) in [5, 5.41) is 2.81. The summed E-state index contributed by atoms with van der Waals surface area (Å²) in [5.74, 6) is 0.360. The average molecular weight is 533 g/mol. The van der Waals surface area contributed by atoms with Gasteiger partial charge in [-0.05, 0) is 40.8 Å². The van der Waals surface area contributed by atoms with Crippen LogP contribution in [-0.4, -0.2) is 5.66 Å². The summed E-state index contributed by atoms with van der Waals surface area (Å²) in [4.78, 5) is 0. The minimum absolute atomic E-state index is 0.180. The summed E-state index contributed by atoms with van der Waals surface area (Å²) in [5.41, 5.74) is 5.67. The van der Waals surface area contributed by atoms with Gasteiger partial charge in [0.05, 0.1) is 0 Å². The van der Waals surface area contributed by atoms with Gasteiger partial charge in [0.1, 0.15) is 0 Å². The fraction of sp³-hybridized carbons (Fsp3) is 0.0769. The first kappa shape index (κ1) is 26.0. The minimum atomic E-state index is -0.788. The molecule has 6 aromatic rings. The lowest BCUT2D eigenvalue weighted by Crippen LogP contribution is -2.33. The van der Waals surface area contributed by atoms with Crippen LogP contribution in [0.1, 0.15) is 34.1 Å². The Morgan fingerprint density at radius 3 is 0.750 bits per heavy atom. The third-order valence-corrected chi connectivity index (χ3v) is 10.6. The molecule has 0 heterocycles. The Balaban J connectivity index is 1.69. The predicted molar refractivity (Wildman–Crippen MR) is 172 cm³/mol. The van der Waals surface area contributed by atoms with Crippen LogP contribution in [0.15, 0.2) is 182 Å². The molecule has 0 fully saturated rings. The van der Waals surface area contributed by atoms with E-state index in [1.807, 2.05) is 0 Å². The lowest BCUT2D eigenvalue weighted by Gasteiger charge is -2.41. The zero-order valence-electron chi connectivity index (χ0n) is 22.5. The van der Waals surface area contributed by atoms with Crippen molar-refractivity contribution in [2.45, 2.75) is 17.5 Å². The zero-order chi connectivity index (χ0) is 27.0. The van der Waals surface area contributed by atoms with Gasteiger partial charge in [0.2, 0.25) is 0 Å². The van der Waals surface area contributed by atoms with Crippen molar-refractivity contribution in [3.63, 3.8) is 0 Å². The second-order valence-corrected chi connectivity index (χ2v) is 12.5.